The first kappa shape index (κ1) is 26.6. The van der Waals surface area contributed by atoms with Crippen molar-refractivity contribution in [2.75, 3.05) is 6.54 Å². The Morgan fingerprint density at radius 2 is 1.86 bits per heavy atom. The molecule has 0 aliphatic carbocycles. The number of aliphatic hydroxyl groups excluding tert-OH is 1. The molecule has 0 aromatic heterocycles. The zero-order chi connectivity index (χ0) is 26.0. The molecule has 0 saturated carbocycles. The van der Waals surface area contributed by atoms with Gasteiger partial charge in [0.25, 0.3) is 0 Å². The van der Waals surface area contributed by atoms with Gasteiger partial charge in [0.05, 0.1) is 11.0 Å². The summed E-state index contributed by atoms with van der Waals surface area (Å²) >= 11 is 0. The maximum Gasteiger partial charge on any atom is 0.326 e. The van der Waals surface area contributed by atoms with Gasteiger partial charge in [-0.15, -0.1) is 0 Å². The van der Waals surface area contributed by atoms with Gasteiger partial charge in [-0.1, -0.05) is 18.2 Å². The van der Waals surface area contributed by atoms with Crippen LogP contribution in [0.1, 0.15) is 32.8 Å². The molecule has 1 heterocycles. The highest BCUT2D eigenvalue weighted by molar-refractivity contribution is 7.89. The lowest BCUT2D eigenvalue weighted by molar-refractivity contribution is -0.142. The molecule has 3 unspecified atom stereocenters. The molecule has 9 nitrogen and oxygen atoms in total. The zero-order valence-electron chi connectivity index (χ0n) is 19.6. The molecule has 1 aliphatic heterocycles. The lowest BCUT2D eigenvalue weighted by atomic mass is 10.0. The van der Waals surface area contributed by atoms with Crippen LogP contribution in [0.2, 0.25) is 0 Å². The first-order chi connectivity index (χ1) is 16.3. The second-order valence-electron chi connectivity index (χ2n) is 9.40. The summed E-state index contributed by atoms with van der Waals surface area (Å²) in [5, 5.41) is 22.1. The number of carboxylic acid groups (broad SMARTS) is 1. The Morgan fingerprint density at radius 3 is 2.43 bits per heavy atom. The summed E-state index contributed by atoms with van der Waals surface area (Å²) in [6, 6.07) is 8.39. The topological polar surface area (TPSA) is 133 Å². The first-order valence-corrected chi connectivity index (χ1v) is 12.5. The number of benzene rings is 2. The average molecular weight is 509 g/mol. The SMILES string of the molecule is CC(C)(C)Oc1ccc(CC(NC(=O)C2CC(O)CN2S(=O)(=O)c2cccc(F)c2)C(=O)O)cc1. The van der Waals surface area contributed by atoms with Crippen LogP contribution in [0.25, 0.3) is 0 Å². The third-order valence-corrected chi connectivity index (χ3v) is 7.21. The highest BCUT2D eigenvalue weighted by Gasteiger charge is 2.44. The number of carbonyl (C=O) groups excluding carboxylic acids is 1. The fourth-order valence-corrected chi connectivity index (χ4v) is 5.47. The Hall–Kier alpha value is -3.02. The van der Waals surface area contributed by atoms with E-state index >= 15 is 0 Å². The predicted octanol–water partition coefficient (Wildman–Crippen LogP) is 1.94. The van der Waals surface area contributed by atoms with E-state index in [-0.39, 0.29) is 24.3 Å². The van der Waals surface area contributed by atoms with Gasteiger partial charge in [-0.3, -0.25) is 4.79 Å². The van der Waals surface area contributed by atoms with Crippen LogP contribution in [0.15, 0.2) is 53.4 Å². The van der Waals surface area contributed by atoms with Crippen LogP contribution >= 0.6 is 0 Å². The van der Waals surface area contributed by atoms with Crippen molar-refractivity contribution in [1.82, 2.24) is 9.62 Å². The Balaban J connectivity index is 1.75. The van der Waals surface area contributed by atoms with E-state index in [1.807, 2.05) is 20.8 Å². The van der Waals surface area contributed by atoms with Gasteiger partial charge < -0.3 is 20.3 Å². The number of aliphatic hydroxyl groups is 1. The minimum atomic E-state index is -4.31. The number of rotatable bonds is 8. The van der Waals surface area contributed by atoms with Gasteiger partial charge in [0, 0.05) is 19.4 Å². The summed E-state index contributed by atoms with van der Waals surface area (Å²) in [6.07, 6.45) is -1.40. The largest absolute Gasteiger partial charge is 0.488 e. The van der Waals surface area contributed by atoms with Gasteiger partial charge in [0.1, 0.15) is 29.3 Å². The molecule has 11 heteroatoms. The molecule has 1 aliphatic rings. The van der Waals surface area contributed by atoms with E-state index in [4.69, 9.17) is 4.74 Å². The third kappa shape index (κ3) is 6.77. The van der Waals surface area contributed by atoms with Gasteiger partial charge in [-0.25, -0.2) is 17.6 Å². The molecule has 0 bridgehead atoms. The highest BCUT2D eigenvalue weighted by Crippen LogP contribution is 2.27. The fraction of sp³-hybridized carbons (Fsp3) is 0.417. The number of hydrogen-bond acceptors (Lipinski definition) is 6. The summed E-state index contributed by atoms with van der Waals surface area (Å²) in [7, 11) is -4.31. The van der Waals surface area contributed by atoms with E-state index in [0.717, 1.165) is 16.4 Å². The normalized spacial score (nSPS) is 19.8. The molecule has 35 heavy (non-hydrogen) atoms. The molecule has 1 amide bonds. The summed E-state index contributed by atoms with van der Waals surface area (Å²) in [6.45, 7) is 5.32. The molecule has 0 spiro atoms. The van der Waals surface area contributed by atoms with Gasteiger partial charge in [-0.05, 0) is 56.7 Å². The molecule has 190 valence electrons. The number of amides is 1. The first-order valence-electron chi connectivity index (χ1n) is 11.0. The minimum absolute atomic E-state index is 0.0528. The standard InChI is InChI=1S/C24H29FN2O7S/c1-24(2,3)34-18-9-7-15(8-10-18)11-20(23(30)31)26-22(29)21-13-17(28)14-27(21)35(32,33)19-6-4-5-16(25)12-19/h4-10,12,17,20-21,28H,11,13-14H2,1-3H3,(H,26,29)(H,30,31). The number of halogens is 1. The number of sulfonamides is 1. The van der Waals surface area contributed by atoms with Crippen LogP contribution in [-0.2, 0) is 26.0 Å². The Kier molecular flexibility index (Phi) is 7.83. The number of ether oxygens (including phenoxy) is 1. The summed E-state index contributed by atoms with van der Waals surface area (Å²) < 4.78 is 46.2. The molecule has 1 fully saturated rings. The molecule has 0 radical (unpaired) electrons. The number of β-amino-alcohol motifs (C(OH)–C–C–N with tert-alkyl or cyclic N) is 1. The smallest absolute Gasteiger partial charge is 0.326 e. The molecule has 2 aromatic carbocycles. The molecule has 3 N–H and O–H groups in total. The number of hydrogen-bond donors (Lipinski definition) is 3. The summed E-state index contributed by atoms with van der Waals surface area (Å²) in [5.74, 6) is -2.32. The van der Waals surface area contributed by atoms with Crippen LogP contribution in [0, 0.1) is 5.82 Å². The zero-order valence-corrected chi connectivity index (χ0v) is 20.5. The molecule has 2 aromatic rings. The van der Waals surface area contributed by atoms with E-state index in [1.54, 1.807) is 24.3 Å². The Bertz CT molecular complexity index is 1180. The number of nitrogens with zero attached hydrogens (tertiary/aromatic N) is 1. The van der Waals surface area contributed by atoms with Gasteiger partial charge >= 0.3 is 5.97 Å². The summed E-state index contributed by atoms with van der Waals surface area (Å²) in [4.78, 5) is 24.5. The van der Waals surface area contributed by atoms with Crippen molar-refractivity contribution in [3.63, 3.8) is 0 Å². The van der Waals surface area contributed by atoms with Crippen LogP contribution in [-0.4, -0.2) is 65.1 Å². The van der Waals surface area contributed by atoms with Gasteiger partial charge in [0.2, 0.25) is 15.9 Å². The number of carbonyl (C=O) groups is 2. The monoisotopic (exact) mass is 508 g/mol. The lowest BCUT2D eigenvalue weighted by Gasteiger charge is -2.25. The molecule has 3 atom stereocenters. The highest BCUT2D eigenvalue weighted by atomic mass is 32.2. The Morgan fingerprint density at radius 1 is 1.20 bits per heavy atom. The van der Waals surface area contributed by atoms with E-state index in [2.05, 4.69) is 5.32 Å². The van der Waals surface area contributed by atoms with E-state index < -0.39 is 51.5 Å². The molecule has 1 saturated heterocycles. The van der Waals surface area contributed by atoms with Crippen molar-refractivity contribution in [2.45, 2.75) is 62.3 Å². The molecular weight excluding hydrogens is 479 g/mol. The van der Waals surface area contributed by atoms with Crippen LogP contribution in [0.3, 0.4) is 0 Å². The third-order valence-electron chi connectivity index (χ3n) is 5.34. The number of aliphatic carboxylic acids is 1. The predicted molar refractivity (Wildman–Crippen MR) is 125 cm³/mol. The van der Waals surface area contributed by atoms with Crippen LogP contribution in [0.4, 0.5) is 4.39 Å². The lowest BCUT2D eigenvalue weighted by Crippen LogP contribution is -2.51. The minimum Gasteiger partial charge on any atom is -0.488 e. The molecular formula is C24H29FN2O7S. The van der Waals surface area contributed by atoms with Crippen LogP contribution < -0.4 is 10.1 Å². The molecule has 3 rings (SSSR count). The van der Waals surface area contributed by atoms with Crippen molar-refractivity contribution in [2.24, 2.45) is 0 Å². The quantitative estimate of drug-likeness (QED) is 0.496. The average Bonchev–Trinajstić information content (AvgIpc) is 3.16. The van der Waals surface area contributed by atoms with Crippen molar-refractivity contribution in [3.8, 4) is 5.75 Å². The number of nitrogens with one attached hydrogen (secondary N) is 1. The number of carboxylic acids is 1. The maximum atomic E-state index is 13.6. The van der Waals surface area contributed by atoms with Crippen LogP contribution in [0.5, 0.6) is 5.75 Å². The maximum absolute atomic E-state index is 13.6. The van der Waals surface area contributed by atoms with Crippen molar-refractivity contribution < 1.29 is 37.3 Å². The van der Waals surface area contributed by atoms with Gasteiger partial charge in [-0.2, -0.15) is 4.31 Å². The van der Waals surface area contributed by atoms with E-state index in [1.165, 1.54) is 12.1 Å². The van der Waals surface area contributed by atoms with Crippen molar-refractivity contribution in [1.29, 1.82) is 0 Å². The second-order valence-corrected chi connectivity index (χ2v) is 11.3. The summed E-state index contributed by atoms with van der Waals surface area (Å²) in [5.41, 5.74) is 0.220. The second kappa shape index (κ2) is 10.3. The van der Waals surface area contributed by atoms with E-state index in [9.17, 15) is 32.6 Å². The fourth-order valence-electron chi connectivity index (χ4n) is 3.80. The Labute approximate surface area is 203 Å². The van der Waals surface area contributed by atoms with E-state index in [0.29, 0.717) is 11.3 Å². The van der Waals surface area contributed by atoms with Crippen molar-refractivity contribution in [3.05, 3.63) is 59.9 Å². The van der Waals surface area contributed by atoms with Gasteiger partial charge in [0.15, 0.2) is 0 Å². The van der Waals surface area contributed by atoms with Crippen molar-refractivity contribution >= 4 is 21.9 Å².